The summed E-state index contributed by atoms with van der Waals surface area (Å²) in [6.07, 6.45) is -5.34. The van der Waals surface area contributed by atoms with Crippen LogP contribution in [0, 0.1) is 0 Å². The van der Waals surface area contributed by atoms with Crippen molar-refractivity contribution in [3.63, 3.8) is 0 Å². The predicted molar refractivity (Wildman–Crippen MR) is 37.7 cm³/mol. The van der Waals surface area contributed by atoms with Gasteiger partial charge in [0.15, 0.2) is 6.23 Å². The van der Waals surface area contributed by atoms with Crippen molar-refractivity contribution in [3.05, 3.63) is 0 Å². The van der Waals surface area contributed by atoms with Gasteiger partial charge in [-0.1, -0.05) is 0 Å². The van der Waals surface area contributed by atoms with Gasteiger partial charge in [0.25, 0.3) is 0 Å². The van der Waals surface area contributed by atoms with Gasteiger partial charge in [-0.3, -0.25) is 0 Å². The maximum absolute atomic E-state index is 9.37. The van der Waals surface area contributed by atoms with Gasteiger partial charge < -0.3 is 30.9 Å². The third-order valence-corrected chi connectivity index (χ3v) is 2.03. The van der Waals surface area contributed by atoms with Crippen LogP contribution in [-0.4, -0.2) is 50.8 Å². The second kappa shape index (κ2) is 2.91. The fourth-order valence-electron chi connectivity index (χ4n) is 1.18. The zero-order valence-corrected chi connectivity index (χ0v) is 6.58. The molecule has 0 aromatic heterocycles. The highest BCUT2D eigenvalue weighted by atomic mass is 16.7. The molecular formula is C6H13NO5. The Labute approximate surface area is 69.2 Å². The molecular weight excluding hydrogens is 166 g/mol. The van der Waals surface area contributed by atoms with E-state index < -0.39 is 30.3 Å². The average Bonchev–Trinajstić information content (AvgIpc) is 2.17. The Hall–Kier alpha value is -0.240. The number of aliphatic hydroxyl groups excluding tert-OH is 3. The molecule has 6 nitrogen and oxygen atoms in total. The molecule has 12 heavy (non-hydrogen) atoms. The Morgan fingerprint density at radius 1 is 1.50 bits per heavy atom. The lowest BCUT2D eigenvalue weighted by atomic mass is 10.1. The van der Waals surface area contributed by atoms with Crippen LogP contribution in [0.25, 0.3) is 0 Å². The summed E-state index contributed by atoms with van der Waals surface area (Å²) in [5.41, 5.74) is 4.96. The van der Waals surface area contributed by atoms with Crippen LogP contribution < -0.4 is 5.73 Å². The molecule has 5 atom stereocenters. The molecule has 0 saturated carbocycles. The van der Waals surface area contributed by atoms with Crippen LogP contribution >= 0.6 is 0 Å². The smallest absolute Gasteiger partial charge is 0.235 e. The van der Waals surface area contributed by atoms with Gasteiger partial charge in [-0.05, 0) is 6.92 Å². The fourth-order valence-corrected chi connectivity index (χ4v) is 1.18. The summed E-state index contributed by atoms with van der Waals surface area (Å²) in [4.78, 5) is 0. The summed E-state index contributed by atoms with van der Waals surface area (Å²) in [7, 11) is 0. The summed E-state index contributed by atoms with van der Waals surface area (Å²) >= 11 is 0. The molecule has 6 N–H and O–H groups in total. The van der Waals surface area contributed by atoms with Crippen LogP contribution in [0.5, 0.6) is 0 Å². The van der Waals surface area contributed by atoms with Crippen LogP contribution in [0.3, 0.4) is 0 Å². The standard InChI is InChI=1S/C6H13NO5/c1-2-3(8)4(9)6(11,12-2)5(7)10/h2-5,8-11H,7H2,1H3/t2-,3+,4-,5?,6-/m0/s1. The van der Waals surface area contributed by atoms with Gasteiger partial charge in [-0.15, -0.1) is 0 Å². The molecule has 1 fully saturated rings. The highest BCUT2D eigenvalue weighted by molar-refractivity contribution is 4.96. The number of nitrogens with two attached hydrogens (primary N) is 1. The van der Waals surface area contributed by atoms with E-state index in [1.165, 1.54) is 6.92 Å². The Balaban J connectivity index is 2.82. The molecule has 1 aliphatic rings. The van der Waals surface area contributed by atoms with Crippen molar-refractivity contribution in [1.29, 1.82) is 0 Å². The molecule has 0 aromatic rings. The zero-order chi connectivity index (χ0) is 9.52. The number of aliphatic hydroxyl groups is 4. The van der Waals surface area contributed by atoms with Crippen LogP contribution in [0.4, 0.5) is 0 Å². The van der Waals surface area contributed by atoms with Gasteiger partial charge in [0, 0.05) is 0 Å². The van der Waals surface area contributed by atoms with Crippen LogP contribution in [0.1, 0.15) is 6.92 Å². The molecule has 0 spiro atoms. The summed E-state index contributed by atoms with van der Waals surface area (Å²) in [6, 6.07) is 0. The quantitative estimate of drug-likeness (QED) is 0.276. The lowest BCUT2D eigenvalue weighted by Gasteiger charge is -2.28. The Morgan fingerprint density at radius 3 is 2.17 bits per heavy atom. The molecule has 1 unspecified atom stereocenters. The lowest BCUT2D eigenvalue weighted by Crippen LogP contribution is -2.56. The van der Waals surface area contributed by atoms with E-state index in [9.17, 15) is 10.2 Å². The summed E-state index contributed by atoms with van der Waals surface area (Å²) in [5, 5.41) is 36.6. The zero-order valence-electron chi connectivity index (χ0n) is 6.58. The maximum Gasteiger partial charge on any atom is 0.235 e. The van der Waals surface area contributed by atoms with Gasteiger partial charge >= 0.3 is 0 Å². The molecule has 0 aliphatic carbocycles. The number of rotatable bonds is 1. The molecule has 1 aliphatic heterocycles. The first-order chi connectivity index (χ1) is 5.39. The molecule has 0 amide bonds. The largest absolute Gasteiger partial charge is 0.387 e. The van der Waals surface area contributed by atoms with Crippen molar-refractivity contribution in [3.8, 4) is 0 Å². The van der Waals surface area contributed by atoms with E-state index in [4.69, 9.17) is 20.7 Å². The van der Waals surface area contributed by atoms with E-state index in [0.717, 1.165) is 0 Å². The van der Waals surface area contributed by atoms with Crippen molar-refractivity contribution in [2.45, 2.75) is 37.3 Å². The third-order valence-electron chi connectivity index (χ3n) is 2.03. The Morgan fingerprint density at radius 2 is 2.00 bits per heavy atom. The van der Waals surface area contributed by atoms with Crippen molar-refractivity contribution < 1.29 is 25.2 Å². The molecule has 1 rings (SSSR count). The molecule has 0 aromatic carbocycles. The molecule has 1 heterocycles. The minimum atomic E-state index is -2.27. The minimum Gasteiger partial charge on any atom is -0.387 e. The van der Waals surface area contributed by atoms with Crippen LogP contribution in [0.15, 0.2) is 0 Å². The monoisotopic (exact) mass is 179 g/mol. The van der Waals surface area contributed by atoms with E-state index in [2.05, 4.69) is 0 Å². The average molecular weight is 179 g/mol. The summed E-state index contributed by atoms with van der Waals surface area (Å²) in [5.74, 6) is -2.27. The topological polar surface area (TPSA) is 116 Å². The Bertz CT molecular complexity index is 175. The van der Waals surface area contributed by atoms with Crippen molar-refractivity contribution in [1.82, 2.24) is 0 Å². The van der Waals surface area contributed by atoms with E-state index in [0.29, 0.717) is 0 Å². The fraction of sp³-hybridized carbons (Fsp3) is 1.00. The SMILES string of the molecule is C[C@@H]1O[C@](O)(C(N)O)[C@@H](O)[C@@H]1O. The van der Waals surface area contributed by atoms with Crippen molar-refractivity contribution in [2.24, 2.45) is 5.73 Å². The van der Waals surface area contributed by atoms with Crippen molar-refractivity contribution >= 4 is 0 Å². The molecule has 1 saturated heterocycles. The predicted octanol–water partition coefficient (Wildman–Crippen LogP) is -2.91. The van der Waals surface area contributed by atoms with E-state index >= 15 is 0 Å². The first-order valence-corrected chi connectivity index (χ1v) is 3.59. The van der Waals surface area contributed by atoms with Gasteiger partial charge in [0.2, 0.25) is 5.79 Å². The van der Waals surface area contributed by atoms with E-state index in [1.807, 2.05) is 0 Å². The first-order valence-electron chi connectivity index (χ1n) is 3.59. The number of hydrogen-bond acceptors (Lipinski definition) is 6. The van der Waals surface area contributed by atoms with E-state index in [1.54, 1.807) is 0 Å². The van der Waals surface area contributed by atoms with Gasteiger partial charge in [-0.2, -0.15) is 0 Å². The van der Waals surface area contributed by atoms with E-state index in [-0.39, 0.29) is 0 Å². The Kier molecular flexibility index (Phi) is 2.39. The van der Waals surface area contributed by atoms with Crippen LogP contribution in [-0.2, 0) is 4.74 Å². The van der Waals surface area contributed by atoms with Crippen LogP contribution in [0.2, 0.25) is 0 Å². The summed E-state index contributed by atoms with van der Waals surface area (Å²) < 4.78 is 4.72. The van der Waals surface area contributed by atoms with Gasteiger partial charge in [0.1, 0.15) is 12.2 Å². The molecule has 0 radical (unpaired) electrons. The molecule has 6 heteroatoms. The highest BCUT2D eigenvalue weighted by Crippen LogP contribution is 2.30. The normalized spacial score (nSPS) is 51.0. The van der Waals surface area contributed by atoms with Crippen molar-refractivity contribution in [2.75, 3.05) is 0 Å². The number of hydrogen-bond donors (Lipinski definition) is 5. The van der Waals surface area contributed by atoms with Gasteiger partial charge in [0.05, 0.1) is 6.10 Å². The number of ether oxygens (including phenoxy) is 1. The second-order valence-electron chi connectivity index (χ2n) is 2.96. The first kappa shape index (κ1) is 9.85. The third kappa shape index (κ3) is 1.22. The maximum atomic E-state index is 9.37. The second-order valence-corrected chi connectivity index (χ2v) is 2.96. The molecule has 0 bridgehead atoms. The summed E-state index contributed by atoms with van der Waals surface area (Å²) in [6.45, 7) is 1.45. The highest BCUT2D eigenvalue weighted by Gasteiger charge is 2.55. The minimum absolute atomic E-state index is 0.761. The lowest BCUT2D eigenvalue weighted by molar-refractivity contribution is -0.273. The molecule has 72 valence electrons. The van der Waals surface area contributed by atoms with Gasteiger partial charge in [-0.25, -0.2) is 0 Å².